The third-order valence-electron chi connectivity index (χ3n) is 14.5. The van der Waals surface area contributed by atoms with Gasteiger partial charge in [0, 0.05) is 0 Å². The van der Waals surface area contributed by atoms with Crippen molar-refractivity contribution in [1.82, 2.24) is 0 Å². The molecule has 32 heavy (non-hydrogen) atoms. The Morgan fingerprint density at radius 2 is 1.59 bits per heavy atom. The van der Waals surface area contributed by atoms with Crippen molar-refractivity contribution in [2.45, 2.75) is 120 Å². The van der Waals surface area contributed by atoms with Crippen LogP contribution in [0.3, 0.4) is 0 Å². The Morgan fingerprint density at radius 1 is 0.844 bits per heavy atom. The first-order valence-electron chi connectivity index (χ1n) is 14.3. The number of rotatable bonds is 1. The van der Waals surface area contributed by atoms with Crippen LogP contribution >= 0.6 is 0 Å². The second-order valence-electron chi connectivity index (χ2n) is 14.8. The molecule has 0 nitrogen and oxygen atoms in total. The van der Waals surface area contributed by atoms with Gasteiger partial charge >= 0.3 is 0 Å². The van der Waals surface area contributed by atoms with E-state index >= 15 is 0 Å². The van der Waals surface area contributed by atoms with Crippen LogP contribution in [0.5, 0.6) is 0 Å². The van der Waals surface area contributed by atoms with Crippen LogP contribution in [0, 0.1) is 69.0 Å². The molecule has 0 heterocycles. The fourth-order valence-corrected chi connectivity index (χ4v) is 12.2. The molecule has 0 saturated heterocycles. The summed E-state index contributed by atoms with van der Waals surface area (Å²) in [5, 5.41) is 0. The monoisotopic (exact) mass is 438 g/mol. The molecule has 0 aliphatic heterocycles. The van der Waals surface area contributed by atoms with E-state index in [1.807, 2.05) is 0 Å². The quantitative estimate of drug-likeness (QED) is 0.357. The molecule has 6 aliphatic rings. The molecule has 0 bridgehead atoms. The number of hydrogen-bond acceptors (Lipinski definition) is 0. The lowest BCUT2D eigenvalue weighted by Gasteiger charge is -2.73. The second-order valence-corrected chi connectivity index (χ2v) is 14.8. The Bertz CT molecular complexity index is 775. The van der Waals surface area contributed by atoms with Gasteiger partial charge < -0.3 is 0 Å². The zero-order valence-corrected chi connectivity index (χ0v) is 21.6. The van der Waals surface area contributed by atoms with E-state index in [2.05, 4.69) is 41.5 Å². The van der Waals surface area contributed by atoms with Gasteiger partial charge in [-0.05, 0) is 133 Å². The molecular formula is C32H54. The molecular weight excluding hydrogens is 384 g/mol. The lowest BCUT2D eigenvalue weighted by molar-refractivity contribution is -0.238. The molecule has 11 unspecified atom stereocenters. The normalized spacial score (nSPS) is 57.6. The van der Waals surface area contributed by atoms with Crippen molar-refractivity contribution in [3.8, 4) is 0 Å². The van der Waals surface area contributed by atoms with Crippen LogP contribution in [0.15, 0.2) is 12.2 Å². The molecule has 0 heteroatoms. The van der Waals surface area contributed by atoms with Crippen LogP contribution in [0.2, 0.25) is 0 Å². The van der Waals surface area contributed by atoms with E-state index in [4.69, 9.17) is 6.58 Å². The predicted octanol–water partition coefficient (Wildman–Crippen LogP) is 9.55. The van der Waals surface area contributed by atoms with Crippen LogP contribution in [0.4, 0.5) is 0 Å². The van der Waals surface area contributed by atoms with E-state index in [-0.39, 0.29) is 7.43 Å². The lowest BCUT2D eigenvalue weighted by Crippen LogP contribution is -2.66. The summed E-state index contributed by atoms with van der Waals surface area (Å²) in [6, 6.07) is 0. The average molecular weight is 439 g/mol. The first-order chi connectivity index (χ1) is 14.6. The first kappa shape index (κ1) is 23.5. The highest BCUT2D eigenvalue weighted by atomic mass is 14.8. The molecule has 6 aliphatic carbocycles. The molecule has 6 saturated carbocycles. The van der Waals surface area contributed by atoms with Crippen molar-refractivity contribution < 1.29 is 0 Å². The largest absolute Gasteiger partial charge is 0.0996 e. The Labute approximate surface area is 200 Å². The summed E-state index contributed by atoms with van der Waals surface area (Å²) in [4.78, 5) is 0. The molecule has 6 rings (SSSR count). The number of hydrogen-bond donors (Lipinski definition) is 0. The van der Waals surface area contributed by atoms with E-state index in [0.29, 0.717) is 21.7 Å². The maximum Gasteiger partial charge on any atom is -0.0169 e. The van der Waals surface area contributed by atoms with Crippen LogP contribution in [0.25, 0.3) is 0 Å². The molecule has 0 amide bonds. The molecule has 0 spiro atoms. The summed E-state index contributed by atoms with van der Waals surface area (Å²) < 4.78 is 0. The van der Waals surface area contributed by atoms with Gasteiger partial charge in [0.1, 0.15) is 0 Å². The molecule has 0 radical (unpaired) electrons. The molecule has 182 valence electrons. The minimum absolute atomic E-state index is 0. The average Bonchev–Trinajstić information content (AvgIpc) is 3.12. The first-order valence-corrected chi connectivity index (χ1v) is 14.3. The van der Waals surface area contributed by atoms with Crippen LogP contribution in [0.1, 0.15) is 120 Å². The van der Waals surface area contributed by atoms with Crippen molar-refractivity contribution in [1.29, 1.82) is 0 Å². The van der Waals surface area contributed by atoms with Crippen molar-refractivity contribution in [2.75, 3.05) is 0 Å². The number of allylic oxidation sites excluding steroid dienone is 1. The zero-order valence-electron chi connectivity index (χ0n) is 21.6. The van der Waals surface area contributed by atoms with Gasteiger partial charge in [0.15, 0.2) is 0 Å². The van der Waals surface area contributed by atoms with Gasteiger partial charge in [-0.3, -0.25) is 0 Å². The van der Waals surface area contributed by atoms with Gasteiger partial charge in [0.25, 0.3) is 0 Å². The predicted molar refractivity (Wildman–Crippen MR) is 138 cm³/mol. The van der Waals surface area contributed by atoms with Crippen molar-refractivity contribution in [3.05, 3.63) is 12.2 Å². The Morgan fingerprint density at radius 3 is 2.31 bits per heavy atom. The van der Waals surface area contributed by atoms with Gasteiger partial charge in [0.2, 0.25) is 0 Å². The summed E-state index contributed by atoms with van der Waals surface area (Å²) in [6.45, 7) is 20.8. The van der Waals surface area contributed by atoms with Crippen LogP contribution < -0.4 is 0 Å². The van der Waals surface area contributed by atoms with Crippen LogP contribution in [-0.4, -0.2) is 0 Å². The molecule has 0 aromatic carbocycles. The highest BCUT2D eigenvalue weighted by Crippen LogP contribution is 2.78. The van der Waals surface area contributed by atoms with Gasteiger partial charge in [-0.2, -0.15) is 0 Å². The van der Waals surface area contributed by atoms with Crippen molar-refractivity contribution in [3.63, 3.8) is 0 Å². The number of fused-ring (bicyclic) bond motifs is 4. The van der Waals surface area contributed by atoms with E-state index in [1.165, 1.54) is 64.2 Å². The maximum absolute atomic E-state index is 4.76. The standard InChI is InChI=1S/C31H50.CH4/c1-8-31-14-11-22-19(2)17-21-18-25-23-10-9-20(3)28(4,5)24(23)12-13-29(25,6)30(7,15-16-31)26(21)27(22)31;/h20-27H,2,8-18H2,1,3-7H3;1H4. The Balaban J connectivity index is 0.00000216. The summed E-state index contributed by atoms with van der Waals surface area (Å²) in [5.74, 6) is 7.62. The summed E-state index contributed by atoms with van der Waals surface area (Å²) in [7, 11) is 0. The minimum Gasteiger partial charge on any atom is -0.0996 e. The highest BCUT2D eigenvalue weighted by molar-refractivity contribution is 5.25. The summed E-state index contributed by atoms with van der Waals surface area (Å²) in [5.41, 5.74) is 4.04. The molecule has 6 fully saturated rings. The van der Waals surface area contributed by atoms with E-state index < -0.39 is 0 Å². The second kappa shape index (κ2) is 7.13. The highest BCUT2D eigenvalue weighted by Gasteiger charge is 2.71. The summed E-state index contributed by atoms with van der Waals surface area (Å²) >= 11 is 0. The molecule has 0 aromatic rings. The van der Waals surface area contributed by atoms with E-state index in [1.54, 1.807) is 12.0 Å². The van der Waals surface area contributed by atoms with Gasteiger partial charge in [-0.1, -0.05) is 67.5 Å². The van der Waals surface area contributed by atoms with Crippen molar-refractivity contribution in [2.24, 2.45) is 69.0 Å². The fraction of sp³-hybridized carbons (Fsp3) is 0.938. The Kier molecular flexibility index (Phi) is 5.23. The Hall–Kier alpha value is -0.260. The minimum atomic E-state index is 0. The maximum atomic E-state index is 4.76. The SMILES string of the molecule is C.C=C1CC2CC3C4CCC(C)C(C)(C)C4CCC3(C)C3(C)CCC4(CC)CCC1C4C23. The molecule has 11 atom stereocenters. The third-order valence-corrected chi connectivity index (χ3v) is 14.5. The van der Waals surface area contributed by atoms with Crippen LogP contribution in [-0.2, 0) is 0 Å². The van der Waals surface area contributed by atoms with Gasteiger partial charge in [0.05, 0.1) is 0 Å². The third kappa shape index (κ3) is 2.57. The zero-order chi connectivity index (χ0) is 22.0. The van der Waals surface area contributed by atoms with E-state index in [0.717, 1.165) is 47.3 Å². The van der Waals surface area contributed by atoms with Crippen molar-refractivity contribution >= 4 is 0 Å². The van der Waals surface area contributed by atoms with Gasteiger partial charge in [-0.25, -0.2) is 0 Å². The van der Waals surface area contributed by atoms with E-state index in [9.17, 15) is 0 Å². The van der Waals surface area contributed by atoms with Gasteiger partial charge in [-0.15, -0.1) is 0 Å². The molecule has 0 aromatic heterocycles. The molecule has 0 N–H and O–H groups in total. The smallest absolute Gasteiger partial charge is 0.0169 e. The topological polar surface area (TPSA) is 0 Å². The lowest BCUT2D eigenvalue weighted by atomic mass is 9.32. The fourth-order valence-electron chi connectivity index (χ4n) is 12.2. The summed E-state index contributed by atoms with van der Waals surface area (Å²) in [6.07, 6.45) is 16.4.